The Hall–Kier alpha value is -2.76. The van der Waals surface area contributed by atoms with Crippen LogP contribution in [0.4, 0.5) is 0 Å². The Morgan fingerprint density at radius 1 is 0.906 bits per heavy atom. The summed E-state index contributed by atoms with van der Waals surface area (Å²) in [5.74, 6) is -0.376. The van der Waals surface area contributed by atoms with Crippen molar-refractivity contribution in [1.82, 2.24) is 14.8 Å². The molecule has 2 aliphatic heterocycles. The Kier molecular flexibility index (Phi) is 6.19. The van der Waals surface area contributed by atoms with E-state index in [1.54, 1.807) is 0 Å². The van der Waals surface area contributed by atoms with Gasteiger partial charge < -0.3 is 10.6 Å². The number of benzene rings is 2. The summed E-state index contributed by atoms with van der Waals surface area (Å²) in [6, 6.07) is 18.7. The van der Waals surface area contributed by atoms with Gasteiger partial charge in [0.25, 0.3) is 0 Å². The number of hydrogen-bond acceptors (Lipinski definition) is 4. The van der Waals surface area contributed by atoms with E-state index in [0.29, 0.717) is 18.2 Å². The molecule has 2 saturated heterocycles. The Balaban J connectivity index is 1.47. The van der Waals surface area contributed by atoms with Crippen LogP contribution < -0.4 is 5.73 Å². The second-order valence-corrected chi connectivity index (χ2v) is 9.17. The highest BCUT2D eigenvalue weighted by molar-refractivity contribution is 6.08. The predicted molar refractivity (Wildman–Crippen MR) is 129 cm³/mol. The molecular formula is C27H32N4O. The molecule has 5 rings (SSSR count). The maximum Gasteiger partial charge on any atom is 0.249 e. The molecule has 2 aromatic carbocycles. The van der Waals surface area contributed by atoms with Crippen molar-refractivity contribution in [3.05, 3.63) is 65.7 Å². The fraction of sp³-hybridized carbons (Fsp3) is 0.407. The molecule has 1 aromatic heterocycles. The zero-order valence-electron chi connectivity index (χ0n) is 18.7. The molecule has 0 atom stereocenters. The molecule has 0 spiro atoms. The summed E-state index contributed by atoms with van der Waals surface area (Å²) in [6.07, 6.45) is 6.43. The van der Waals surface area contributed by atoms with E-state index in [1.165, 1.54) is 45.2 Å². The molecular weight excluding hydrogens is 396 g/mol. The van der Waals surface area contributed by atoms with E-state index in [0.717, 1.165) is 40.8 Å². The van der Waals surface area contributed by atoms with Crippen LogP contribution in [0.1, 0.15) is 48.0 Å². The predicted octanol–water partition coefficient (Wildman–Crippen LogP) is 4.45. The number of piperidine rings is 2. The van der Waals surface area contributed by atoms with Gasteiger partial charge in [-0.05, 0) is 57.9 Å². The fourth-order valence-electron chi connectivity index (χ4n) is 5.47. The highest BCUT2D eigenvalue weighted by Crippen LogP contribution is 2.32. The zero-order valence-corrected chi connectivity index (χ0v) is 18.7. The largest absolute Gasteiger partial charge is 0.366 e. The Morgan fingerprint density at radius 2 is 1.59 bits per heavy atom. The summed E-state index contributed by atoms with van der Waals surface area (Å²) < 4.78 is 0. The van der Waals surface area contributed by atoms with Crippen LogP contribution >= 0.6 is 0 Å². The van der Waals surface area contributed by atoms with Gasteiger partial charge in [-0.3, -0.25) is 9.69 Å². The van der Waals surface area contributed by atoms with Gasteiger partial charge in [0.1, 0.15) is 0 Å². The van der Waals surface area contributed by atoms with Gasteiger partial charge in [0.2, 0.25) is 5.91 Å². The van der Waals surface area contributed by atoms with Crippen LogP contribution in [0.2, 0.25) is 0 Å². The Bertz CT molecular complexity index is 1080. The van der Waals surface area contributed by atoms with Crippen molar-refractivity contribution in [2.45, 2.75) is 44.7 Å². The number of hydrogen-bond donors (Lipinski definition) is 1. The summed E-state index contributed by atoms with van der Waals surface area (Å²) in [5, 5.41) is 0.845. The summed E-state index contributed by atoms with van der Waals surface area (Å²) in [5.41, 5.74) is 10.2. The molecule has 2 N–H and O–H groups in total. The number of carbonyl (C=O) groups excluding carboxylic acids is 1. The van der Waals surface area contributed by atoms with E-state index >= 15 is 0 Å². The second kappa shape index (κ2) is 9.39. The number of likely N-dealkylation sites (tertiary alicyclic amines) is 2. The molecule has 0 radical (unpaired) electrons. The van der Waals surface area contributed by atoms with Crippen molar-refractivity contribution >= 4 is 16.8 Å². The SMILES string of the molecule is NC(=O)c1c(CN2CCC(N3CCCCC3)CC2)c(-c2ccccc2)nc2ccccc12. The van der Waals surface area contributed by atoms with E-state index in [9.17, 15) is 4.79 Å². The molecule has 0 saturated carbocycles. The molecule has 0 aliphatic carbocycles. The molecule has 5 heteroatoms. The van der Waals surface area contributed by atoms with Crippen molar-refractivity contribution in [2.24, 2.45) is 5.73 Å². The average molecular weight is 429 g/mol. The van der Waals surface area contributed by atoms with Crippen LogP contribution in [0, 0.1) is 0 Å². The molecule has 3 aromatic rings. The summed E-state index contributed by atoms with van der Waals surface area (Å²) in [6.45, 7) is 5.29. The van der Waals surface area contributed by atoms with Crippen LogP contribution in [-0.2, 0) is 6.54 Å². The van der Waals surface area contributed by atoms with Crippen LogP contribution in [0.5, 0.6) is 0 Å². The standard InChI is InChI=1S/C27H32N4O/c28-27(32)25-22-11-5-6-12-24(22)29-26(20-9-3-1-4-10-20)23(25)19-30-17-13-21(14-18-30)31-15-7-2-8-16-31/h1,3-6,9-12,21H,2,7-8,13-19H2,(H2,28,32). The van der Waals surface area contributed by atoms with E-state index in [2.05, 4.69) is 21.9 Å². The zero-order chi connectivity index (χ0) is 21.9. The smallest absolute Gasteiger partial charge is 0.249 e. The molecule has 0 unspecified atom stereocenters. The number of para-hydroxylation sites is 1. The lowest BCUT2D eigenvalue weighted by molar-refractivity contribution is 0.0890. The van der Waals surface area contributed by atoms with Crippen molar-refractivity contribution in [3.63, 3.8) is 0 Å². The number of rotatable bonds is 5. The summed E-state index contributed by atoms with van der Waals surface area (Å²) in [7, 11) is 0. The molecule has 2 aliphatic rings. The lowest BCUT2D eigenvalue weighted by Gasteiger charge is -2.40. The van der Waals surface area contributed by atoms with Crippen LogP contribution in [0.15, 0.2) is 54.6 Å². The maximum absolute atomic E-state index is 12.7. The first-order chi connectivity index (χ1) is 15.7. The summed E-state index contributed by atoms with van der Waals surface area (Å²) >= 11 is 0. The lowest BCUT2D eigenvalue weighted by Crippen LogP contribution is -2.46. The van der Waals surface area contributed by atoms with Gasteiger partial charge in [-0.1, -0.05) is 55.0 Å². The number of amides is 1. The number of pyridine rings is 1. The minimum atomic E-state index is -0.376. The number of nitrogens with two attached hydrogens (primary N) is 1. The topological polar surface area (TPSA) is 62.5 Å². The third-order valence-electron chi connectivity index (χ3n) is 7.13. The van der Waals surface area contributed by atoms with Crippen molar-refractivity contribution < 1.29 is 4.79 Å². The molecule has 3 heterocycles. The minimum absolute atomic E-state index is 0.376. The van der Waals surface area contributed by atoms with Crippen molar-refractivity contribution in [1.29, 1.82) is 0 Å². The average Bonchev–Trinajstić information content (AvgIpc) is 2.85. The van der Waals surface area contributed by atoms with Gasteiger partial charge >= 0.3 is 0 Å². The van der Waals surface area contributed by atoms with Crippen LogP contribution in [0.3, 0.4) is 0 Å². The van der Waals surface area contributed by atoms with Gasteiger partial charge in [0.15, 0.2) is 0 Å². The van der Waals surface area contributed by atoms with Crippen molar-refractivity contribution in [3.8, 4) is 11.3 Å². The number of nitrogens with zero attached hydrogens (tertiary/aromatic N) is 3. The van der Waals surface area contributed by atoms with E-state index < -0.39 is 0 Å². The number of aromatic nitrogens is 1. The van der Waals surface area contributed by atoms with Crippen LogP contribution in [0.25, 0.3) is 22.2 Å². The quantitative estimate of drug-likeness (QED) is 0.652. The first-order valence-corrected chi connectivity index (χ1v) is 11.9. The van der Waals surface area contributed by atoms with E-state index in [4.69, 9.17) is 10.7 Å². The maximum atomic E-state index is 12.7. The molecule has 166 valence electrons. The summed E-state index contributed by atoms with van der Waals surface area (Å²) in [4.78, 5) is 22.9. The van der Waals surface area contributed by atoms with Gasteiger partial charge in [-0.2, -0.15) is 0 Å². The number of primary amides is 1. The van der Waals surface area contributed by atoms with Gasteiger partial charge in [0, 0.05) is 29.1 Å². The van der Waals surface area contributed by atoms with Crippen LogP contribution in [-0.4, -0.2) is 52.9 Å². The van der Waals surface area contributed by atoms with E-state index in [-0.39, 0.29) is 5.91 Å². The normalized spacial score (nSPS) is 18.8. The van der Waals surface area contributed by atoms with E-state index in [1.807, 2.05) is 42.5 Å². The first-order valence-electron chi connectivity index (χ1n) is 11.9. The highest BCUT2D eigenvalue weighted by atomic mass is 16.1. The Labute approximate surface area is 190 Å². The molecule has 1 amide bonds. The second-order valence-electron chi connectivity index (χ2n) is 9.17. The van der Waals surface area contributed by atoms with Crippen molar-refractivity contribution in [2.75, 3.05) is 26.2 Å². The van der Waals surface area contributed by atoms with Gasteiger partial charge in [-0.25, -0.2) is 4.98 Å². The highest BCUT2D eigenvalue weighted by Gasteiger charge is 2.28. The minimum Gasteiger partial charge on any atom is -0.366 e. The first kappa shape index (κ1) is 21.1. The Morgan fingerprint density at radius 3 is 2.31 bits per heavy atom. The third-order valence-corrected chi connectivity index (χ3v) is 7.13. The molecule has 2 fully saturated rings. The fourth-order valence-corrected chi connectivity index (χ4v) is 5.47. The molecule has 5 nitrogen and oxygen atoms in total. The van der Waals surface area contributed by atoms with Gasteiger partial charge in [-0.15, -0.1) is 0 Å². The third kappa shape index (κ3) is 4.27. The molecule has 32 heavy (non-hydrogen) atoms. The number of carbonyl (C=O) groups is 1. The monoisotopic (exact) mass is 428 g/mol. The lowest BCUT2D eigenvalue weighted by atomic mass is 9.94. The van der Waals surface area contributed by atoms with Gasteiger partial charge in [0.05, 0.1) is 16.8 Å². The number of fused-ring (bicyclic) bond motifs is 1. The molecule has 0 bridgehead atoms.